The van der Waals surface area contributed by atoms with Crippen molar-refractivity contribution in [2.45, 2.75) is 31.9 Å². The van der Waals surface area contributed by atoms with Crippen molar-refractivity contribution in [2.24, 2.45) is 0 Å². The summed E-state index contributed by atoms with van der Waals surface area (Å²) >= 11 is 0. The smallest absolute Gasteiger partial charge is 0.170 e. The van der Waals surface area contributed by atoms with E-state index in [1.807, 2.05) is 7.11 Å². The Kier molecular flexibility index (Phi) is 3.69. The molecular formula is C6H18OSi2. The molecule has 0 spiro atoms. The third kappa shape index (κ3) is 6.28. The fourth-order valence-corrected chi connectivity index (χ4v) is 8.51. The van der Waals surface area contributed by atoms with Gasteiger partial charge in [0.1, 0.15) is 0 Å². The Balaban J connectivity index is 3.47. The van der Waals surface area contributed by atoms with Crippen molar-refractivity contribution >= 4 is 17.1 Å². The predicted octanol–water partition coefficient (Wildman–Crippen LogP) is 1.86. The summed E-state index contributed by atoms with van der Waals surface area (Å²) in [4.78, 5) is 0. The van der Waals surface area contributed by atoms with Gasteiger partial charge in [-0.3, -0.25) is 0 Å². The molecular weight excluding hydrogens is 144 g/mol. The molecule has 1 unspecified atom stereocenters. The third-order valence-corrected chi connectivity index (χ3v) is 9.31. The summed E-state index contributed by atoms with van der Waals surface area (Å²) in [6.07, 6.45) is 0. The van der Waals surface area contributed by atoms with Gasteiger partial charge < -0.3 is 4.43 Å². The molecule has 0 aromatic carbocycles. The van der Waals surface area contributed by atoms with E-state index in [0.717, 1.165) is 0 Å². The monoisotopic (exact) mass is 162 g/mol. The summed E-state index contributed by atoms with van der Waals surface area (Å²) in [5.74, 6) is 0. The van der Waals surface area contributed by atoms with E-state index in [2.05, 4.69) is 26.2 Å². The molecule has 0 amide bonds. The molecule has 0 aliphatic heterocycles. The summed E-state index contributed by atoms with van der Waals surface area (Å²) in [6, 6.07) is 0. The molecule has 1 nitrogen and oxygen atoms in total. The van der Waals surface area contributed by atoms with E-state index in [0.29, 0.717) is 0 Å². The molecule has 0 bridgehead atoms. The van der Waals surface area contributed by atoms with Gasteiger partial charge in [0.05, 0.1) is 0 Å². The minimum atomic E-state index is -0.805. The molecule has 3 heteroatoms. The number of hydrogen-bond donors (Lipinski definition) is 0. The van der Waals surface area contributed by atoms with Crippen LogP contribution in [0, 0.1) is 0 Å². The molecule has 0 N–H and O–H groups in total. The highest BCUT2D eigenvalue weighted by molar-refractivity contribution is 6.85. The summed E-state index contributed by atoms with van der Waals surface area (Å²) in [7, 11) is 0.295. The largest absolute Gasteiger partial charge is 0.424 e. The maximum absolute atomic E-state index is 5.30. The Morgan fingerprint density at radius 2 is 1.78 bits per heavy atom. The Morgan fingerprint density at radius 3 is 1.89 bits per heavy atom. The molecule has 0 aromatic rings. The van der Waals surface area contributed by atoms with Crippen LogP contribution >= 0.6 is 0 Å². The van der Waals surface area contributed by atoms with Crippen molar-refractivity contribution in [1.82, 2.24) is 0 Å². The lowest BCUT2D eigenvalue weighted by atomic mass is 11.7. The lowest BCUT2D eigenvalue weighted by Gasteiger charge is -2.18. The Hall–Kier alpha value is 0.394. The zero-order valence-corrected chi connectivity index (χ0v) is 9.35. The van der Waals surface area contributed by atoms with E-state index in [4.69, 9.17) is 4.43 Å². The van der Waals surface area contributed by atoms with Gasteiger partial charge in [-0.25, -0.2) is 0 Å². The average molecular weight is 162 g/mol. The van der Waals surface area contributed by atoms with Crippen molar-refractivity contribution in [3.63, 3.8) is 0 Å². The van der Waals surface area contributed by atoms with Crippen molar-refractivity contribution < 1.29 is 4.43 Å². The zero-order valence-electron chi connectivity index (χ0n) is 7.19. The van der Waals surface area contributed by atoms with Gasteiger partial charge in [-0.1, -0.05) is 19.6 Å². The molecule has 0 saturated heterocycles. The van der Waals surface area contributed by atoms with Gasteiger partial charge in [0.25, 0.3) is 0 Å². The topological polar surface area (TPSA) is 9.23 Å². The molecule has 0 aromatic heterocycles. The fourth-order valence-electron chi connectivity index (χ4n) is 0.946. The second-order valence-electron chi connectivity index (χ2n) is 3.81. The Labute approximate surface area is 61.2 Å². The highest BCUT2D eigenvalue weighted by Crippen LogP contribution is 2.10. The number of rotatable bonds is 3. The van der Waals surface area contributed by atoms with Crippen LogP contribution in [0.4, 0.5) is 0 Å². The van der Waals surface area contributed by atoms with Crippen molar-refractivity contribution in [3.8, 4) is 0 Å². The van der Waals surface area contributed by atoms with Crippen molar-refractivity contribution in [3.05, 3.63) is 0 Å². The average Bonchev–Trinajstić information content (AvgIpc) is 1.62. The Morgan fingerprint density at radius 1 is 1.33 bits per heavy atom. The minimum absolute atomic E-state index is 0.745. The van der Waals surface area contributed by atoms with E-state index < -0.39 is 17.1 Å². The Bertz CT molecular complexity index is 77.6. The van der Waals surface area contributed by atoms with Crippen LogP contribution in [0.5, 0.6) is 0 Å². The van der Waals surface area contributed by atoms with E-state index in [-0.39, 0.29) is 0 Å². The van der Waals surface area contributed by atoms with E-state index in [9.17, 15) is 0 Å². The third-order valence-electron chi connectivity index (χ3n) is 1.30. The van der Waals surface area contributed by atoms with Crippen molar-refractivity contribution in [2.75, 3.05) is 7.11 Å². The lowest BCUT2D eigenvalue weighted by Crippen LogP contribution is -2.28. The van der Waals surface area contributed by atoms with Gasteiger partial charge in [0.2, 0.25) is 0 Å². The highest BCUT2D eigenvalue weighted by Gasteiger charge is 2.17. The second kappa shape index (κ2) is 3.53. The standard InChI is InChI=1S/C6H18OSi2/c1-7-8(2)6-9(3,4)5/h8H,6H2,1-5H3. The molecule has 0 aliphatic rings. The molecule has 0 heterocycles. The summed E-state index contributed by atoms with van der Waals surface area (Å²) < 4.78 is 5.30. The highest BCUT2D eigenvalue weighted by atomic mass is 28.4. The van der Waals surface area contributed by atoms with Crippen LogP contribution in [-0.4, -0.2) is 24.2 Å². The van der Waals surface area contributed by atoms with E-state index in [1.54, 1.807) is 0 Å². The van der Waals surface area contributed by atoms with Crippen LogP contribution in [0.1, 0.15) is 0 Å². The fraction of sp³-hybridized carbons (Fsp3) is 1.00. The van der Waals surface area contributed by atoms with E-state index >= 15 is 0 Å². The van der Waals surface area contributed by atoms with E-state index in [1.165, 1.54) is 5.67 Å². The molecule has 1 atom stereocenters. The minimum Gasteiger partial charge on any atom is -0.424 e. The molecule has 0 fully saturated rings. The quantitative estimate of drug-likeness (QED) is 0.576. The van der Waals surface area contributed by atoms with Crippen LogP contribution < -0.4 is 0 Å². The summed E-state index contributed by atoms with van der Waals surface area (Å²) in [5.41, 5.74) is 1.41. The van der Waals surface area contributed by atoms with Gasteiger partial charge in [-0.15, -0.1) is 0 Å². The lowest BCUT2D eigenvalue weighted by molar-refractivity contribution is 0.428. The molecule has 9 heavy (non-hydrogen) atoms. The van der Waals surface area contributed by atoms with Crippen LogP contribution in [0.2, 0.25) is 31.9 Å². The first kappa shape index (κ1) is 9.39. The first-order valence-corrected chi connectivity index (χ1v) is 9.63. The van der Waals surface area contributed by atoms with Gasteiger partial charge in [-0.05, 0) is 12.2 Å². The van der Waals surface area contributed by atoms with Crippen LogP contribution in [0.15, 0.2) is 0 Å². The molecule has 0 rings (SSSR count). The summed E-state index contributed by atoms with van der Waals surface area (Å²) in [6.45, 7) is 9.47. The molecule has 0 saturated carbocycles. The maximum Gasteiger partial charge on any atom is 0.170 e. The zero-order chi connectivity index (χ0) is 7.49. The first-order valence-electron chi connectivity index (χ1n) is 3.48. The number of hydrogen-bond acceptors (Lipinski definition) is 1. The molecule has 0 aliphatic carbocycles. The predicted molar refractivity (Wildman–Crippen MR) is 48.2 cm³/mol. The van der Waals surface area contributed by atoms with Gasteiger partial charge in [-0.2, -0.15) is 0 Å². The van der Waals surface area contributed by atoms with Crippen molar-refractivity contribution in [1.29, 1.82) is 0 Å². The molecule has 56 valence electrons. The van der Waals surface area contributed by atoms with Gasteiger partial charge in [0, 0.05) is 15.2 Å². The van der Waals surface area contributed by atoms with Crippen LogP contribution in [0.25, 0.3) is 0 Å². The normalized spacial score (nSPS) is 15.7. The maximum atomic E-state index is 5.30. The summed E-state index contributed by atoms with van der Waals surface area (Å²) in [5, 5.41) is 0. The van der Waals surface area contributed by atoms with Crippen LogP contribution in [-0.2, 0) is 4.43 Å². The SMILES string of the molecule is CO[SiH](C)C[Si](C)(C)C. The van der Waals surface area contributed by atoms with Crippen LogP contribution in [0.3, 0.4) is 0 Å². The second-order valence-corrected chi connectivity index (χ2v) is 12.7. The van der Waals surface area contributed by atoms with Gasteiger partial charge in [0.15, 0.2) is 9.04 Å². The first-order chi connectivity index (χ1) is 3.95. The van der Waals surface area contributed by atoms with Gasteiger partial charge >= 0.3 is 0 Å². The molecule has 0 radical (unpaired) electrons.